The number of ketones is 1. The van der Waals surface area contributed by atoms with Gasteiger partial charge in [0.2, 0.25) is 0 Å². The highest BCUT2D eigenvalue weighted by Gasteiger charge is 2.20. The Hall–Kier alpha value is -0.180. The number of rotatable bonds is 1. The van der Waals surface area contributed by atoms with Crippen LogP contribution in [0.15, 0.2) is 0 Å². The van der Waals surface area contributed by atoms with E-state index >= 15 is 0 Å². The Morgan fingerprint density at radius 3 is 2.00 bits per heavy atom. The molecule has 12 heavy (non-hydrogen) atoms. The third-order valence-electron chi connectivity index (χ3n) is 1.96. The number of carbonyl (C=O) groups excluding carboxylic acids is 1. The lowest BCUT2D eigenvalue weighted by molar-refractivity contribution is -0.120. The molecule has 0 aliphatic carbocycles. The fourth-order valence-corrected chi connectivity index (χ4v) is 2.50. The predicted molar refractivity (Wildman–Crippen MR) is 52.6 cm³/mol. The maximum atomic E-state index is 10.8. The van der Waals surface area contributed by atoms with Crippen LogP contribution < -0.4 is 0 Å². The lowest BCUT2D eigenvalue weighted by Crippen LogP contribution is -2.23. The summed E-state index contributed by atoms with van der Waals surface area (Å²) in [4.78, 5) is 10.8. The summed E-state index contributed by atoms with van der Waals surface area (Å²) in [6.45, 7) is 5.62. The van der Waals surface area contributed by atoms with Gasteiger partial charge in [0.15, 0.2) is 0 Å². The zero-order chi connectivity index (χ0) is 9.56. The Morgan fingerprint density at radius 2 is 1.67 bits per heavy atom. The summed E-state index contributed by atoms with van der Waals surface area (Å²) in [6.07, 6.45) is 1.67. The summed E-state index contributed by atoms with van der Waals surface area (Å²) in [6, 6.07) is 0. The van der Waals surface area contributed by atoms with E-state index in [4.69, 9.17) is 0 Å². The fraction of sp³-hybridized carbons (Fsp3) is 0.889. The van der Waals surface area contributed by atoms with E-state index in [9.17, 15) is 9.00 Å². The van der Waals surface area contributed by atoms with Crippen molar-refractivity contribution >= 4 is 16.6 Å². The van der Waals surface area contributed by atoms with Crippen LogP contribution >= 0.6 is 0 Å². The van der Waals surface area contributed by atoms with E-state index in [0.29, 0.717) is 0 Å². The van der Waals surface area contributed by atoms with Crippen molar-refractivity contribution in [3.63, 3.8) is 0 Å². The average Bonchev–Trinajstić information content (AvgIpc) is 2.09. The van der Waals surface area contributed by atoms with E-state index < -0.39 is 10.8 Å². The second-order valence-corrected chi connectivity index (χ2v) is 4.43. The van der Waals surface area contributed by atoms with Crippen molar-refractivity contribution < 1.29 is 9.00 Å². The van der Waals surface area contributed by atoms with Crippen molar-refractivity contribution in [3.8, 4) is 0 Å². The van der Waals surface area contributed by atoms with Gasteiger partial charge in [0.25, 0.3) is 0 Å². The molecule has 0 aromatic carbocycles. The van der Waals surface area contributed by atoms with Crippen molar-refractivity contribution in [2.75, 3.05) is 11.5 Å². The standard InChI is InChI=1S/C7H12O2S.C2H6/c1-6(8)7-2-4-10(9)5-3-7;1-2/h7H,2-5H2,1H3;1-2H3. The van der Waals surface area contributed by atoms with Gasteiger partial charge in [-0.1, -0.05) is 13.8 Å². The quantitative estimate of drug-likeness (QED) is 0.631. The summed E-state index contributed by atoms with van der Waals surface area (Å²) in [7, 11) is -0.630. The van der Waals surface area contributed by atoms with Crippen molar-refractivity contribution in [2.45, 2.75) is 33.6 Å². The van der Waals surface area contributed by atoms with Gasteiger partial charge in [0.05, 0.1) is 0 Å². The molecule has 0 bridgehead atoms. The second kappa shape index (κ2) is 6.35. The van der Waals surface area contributed by atoms with Gasteiger partial charge in [-0.05, 0) is 19.8 Å². The zero-order valence-electron chi connectivity index (χ0n) is 8.13. The number of hydrogen-bond donors (Lipinski definition) is 0. The van der Waals surface area contributed by atoms with Crippen LogP contribution in [0.5, 0.6) is 0 Å². The second-order valence-electron chi connectivity index (χ2n) is 2.73. The molecular weight excluding hydrogens is 172 g/mol. The Labute approximate surface area is 77.2 Å². The molecule has 0 atom stereocenters. The molecule has 1 aliphatic heterocycles. The van der Waals surface area contributed by atoms with E-state index in [1.165, 1.54) is 0 Å². The highest BCUT2D eigenvalue weighted by atomic mass is 32.2. The van der Waals surface area contributed by atoms with E-state index in [1.807, 2.05) is 13.8 Å². The number of carbonyl (C=O) groups is 1. The monoisotopic (exact) mass is 190 g/mol. The number of Topliss-reactive ketones (excluding diaryl/α,β-unsaturated/α-hetero) is 1. The molecule has 1 saturated heterocycles. The first-order chi connectivity index (χ1) is 5.70. The molecule has 1 aliphatic rings. The van der Waals surface area contributed by atoms with Gasteiger partial charge in [0, 0.05) is 28.2 Å². The summed E-state index contributed by atoms with van der Waals surface area (Å²) >= 11 is 0. The van der Waals surface area contributed by atoms with E-state index in [1.54, 1.807) is 6.92 Å². The largest absolute Gasteiger partial charge is 0.300 e. The number of hydrogen-bond acceptors (Lipinski definition) is 2. The van der Waals surface area contributed by atoms with Crippen LogP contribution in [0, 0.1) is 5.92 Å². The Bertz CT molecular complexity index is 156. The molecule has 1 rings (SSSR count). The molecule has 2 nitrogen and oxygen atoms in total. The van der Waals surface area contributed by atoms with Crippen LogP contribution in [0.2, 0.25) is 0 Å². The normalized spacial score (nSPS) is 28.6. The molecule has 0 amide bonds. The summed E-state index contributed by atoms with van der Waals surface area (Å²) in [5.74, 6) is 1.92. The van der Waals surface area contributed by atoms with Crippen molar-refractivity contribution in [1.82, 2.24) is 0 Å². The SMILES string of the molecule is CC.CC(=O)C1CCS(=O)CC1. The van der Waals surface area contributed by atoms with Gasteiger partial charge in [-0.25, -0.2) is 0 Å². The van der Waals surface area contributed by atoms with Crippen LogP contribution in [-0.4, -0.2) is 21.5 Å². The molecule has 0 aromatic heterocycles. The first kappa shape index (κ1) is 11.8. The molecule has 1 heterocycles. The molecule has 0 aromatic rings. The first-order valence-corrected chi connectivity index (χ1v) is 6.04. The van der Waals surface area contributed by atoms with E-state index in [-0.39, 0.29) is 11.7 Å². The molecule has 1 fully saturated rings. The Kier molecular flexibility index (Phi) is 6.25. The molecular formula is C9H18O2S. The smallest absolute Gasteiger partial charge is 0.132 e. The van der Waals surface area contributed by atoms with Gasteiger partial charge < -0.3 is 0 Å². The maximum absolute atomic E-state index is 10.8. The lowest BCUT2D eigenvalue weighted by Gasteiger charge is -2.17. The van der Waals surface area contributed by atoms with Crippen molar-refractivity contribution in [2.24, 2.45) is 5.92 Å². The fourth-order valence-electron chi connectivity index (χ4n) is 1.20. The van der Waals surface area contributed by atoms with Crippen LogP contribution in [0.3, 0.4) is 0 Å². The van der Waals surface area contributed by atoms with Crippen LogP contribution in [0.4, 0.5) is 0 Å². The van der Waals surface area contributed by atoms with Gasteiger partial charge in [0.1, 0.15) is 5.78 Å². The zero-order valence-corrected chi connectivity index (χ0v) is 8.95. The maximum Gasteiger partial charge on any atom is 0.132 e. The molecule has 0 N–H and O–H groups in total. The highest BCUT2D eigenvalue weighted by Crippen LogP contribution is 2.16. The minimum Gasteiger partial charge on any atom is -0.300 e. The van der Waals surface area contributed by atoms with Crippen LogP contribution in [-0.2, 0) is 15.6 Å². The third-order valence-corrected chi connectivity index (χ3v) is 3.34. The van der Waals surface area contributed by atoms with E-state index in [2.05, 4.69) is 0 Å². The summed E-state index contributed by atoms with van der Waals surface area (Å²) in [5, 5.41) is 0. The van der Waals surface area contributed by atoms with E-state index in [0.717, 1.165) is 24.3 Å². The van der Waals surface area contributed by atoms with Crippen LogP contribution in [0.1, 0.15) is 33.6 Å². The highest BCUT2D eigenvalue weighted by molar-refractivity contribution is 7.85. The van der Waals surface area contributed by atoms with Crippen molar-refractivity contribution in [3.05, 3.63) is 0 Å². The molecule has 0 spiro atoms. The topological polar surface area (TPSA) is 34.1 Å². The average molecular weight is 190 g/mol. The molecule has 0 radical (unpaired) electrons. The Morgan fingerprint density at radius 1 is 1.25 bits per heavy atom. The summed E-state index contributed by atoms with van der Waals surface area (Å²) in [5.41, 5.74) is 0. The predicted octanol–water partition coefficient (Wildman–Crippen LogP) is 1.76. The van der Waals surface area contributed by atoms with Gasteiger partial charge >= 0.3 is 0 Å². The minimum absolute atomic E-state index is 0.206. The third kappa shape index (κ3) is 4.00. The van der Waals surface area contributed by atoms with Gasteiger partial charge in [-0.15, -0.1) is 0 Å². The Balaban J connectivity index is 0.000000561. The first-order valence-electron chi connectivity index (χ1n) is 4.55. The molecule has 0 saturated carbocycles. The van der Waals surface area contributed by atoms with Gasteiger partial charge in [-0.2, -0.15) is 0 Å². The van der Waals surface area contributed by atoms with Crippen LogP contribution in [0.25, 0.3) is 0 Å². The molecule has 0 unspecified atom stereocenters. The minimum atomic E-state index is -0.630. The van der Waals surface area contributed by atoms with Crippen molar-refractivity contribution in [1.29, 1.82) is 0 Å². The van der Waals surface area contributed by atoms with Gasteiger partial charge in [-0.3, -0.25) is 9.00 Å². The molecule has 72 valence electrons. The summed E-state index contributed by atoms with van der Waals surface area (Å²) < 4.78 is 10.8. The lowest BCUT2D eigenvalue weighted by atomic mass is 9.99. The molecule has 3 heteroatoms.